The largest absolute Gasteiger partial charge is 0.349 e. The van der Waals surface area contributed by atoms with Gasteiger partial charge in [-0.2, -0.15) is 0 Å². The standard InChI is InChI=1S/C18H19ClN2O3S/c19-15-7-3-4-8-17(15)25(23,24)20-12-11-18(22)21-16-10-9-13-5-1-2-6-14(13)16/h1-8,16,20H,9-12H2,(H,21,22). The fourth-order valence-electron chi connectivity index (χ4n) is 3.01. The van der Waals surface area contributed by atoms with Crippen molar-refractivity contribution in [2.75, 3.05) is 6.54 Å². The van der Waals surface area contributed by atoms with Gasteiger partial charge in [-0.15, -0.1) is 0 Å². The zero-order valence-electron chi connectivity index (χ0n) is 13.5. The zero-order chi connectivity index (χ0) is 17.9. The van der Waals surface area contributed by atoms with Crippen molar-refractivity contribution in [3.05, 3.63) is 64.7 Å². The Hall–Kier alpha value is -1.89. The summed E-state index contributed by atoms with van der Waals surface area (Å²) in [5, 5.41) is 3.13. The SMILES string of the molecule is O=C(CCNS(=O)(=O)c1ccccc1Cl)NC1CCc2ccccc21. The first-order valence-corrected chi connectivity index (χ1v) is 9.95. The Labute approximate surface area is 152 Å². The molecule has 25 heavy (non-hydrogen) atoms. The molecule has 1 atom stereocenters. The lowest BCUT2D eigenvalue weighted by molar-refractivity contribution is -0.121. The molecule has 0 aromatic heterocycles. The second-order valence-corrected chi connectivity index (χ2v) is 8.08. The average molecular weight is 379 g/mol. The number of carbonyl (C=O) groups is 1. The summed E-state index contributed by atoms with van der Waals surface area (Å²) in [6.07, 6.45) is 1.89. The lowest BCUT2D eigenvalue weighted by Crippen LogP contribution is -2.32. The van der Waals surface area contributed by atoms with Crippen LogP contribution in [0.4, 0.5) is 0 Å². The number of halogens is 1. The molecule has 0 radical (unpaired) electrons. The molecule has 0 saturated carbocycles. The first-order chi connectivity index (χ1) is 12.0. The quantitative estimate of drug-likeness (QED) is 0.811. The number of amides is 1. The van der Waals surface area contributed by atoms with Gasteiger partial charge in [-0.3, -0.25) is 4.79 Å². The summed E-state index contributed by atoms with van der Waals surface area (Å²) < 4.78 is 26.8. The summed E-state index contributed by atoms with van der Waals surface area (Å²) in [5.41, 5.74) is 2.40. The van der Waals surface area contributed by atoms with Gasteiger partial charge in [0.05, 0.1) is 11.1 Å². The normalized spacial score (nSPS) is 16.4. The molecule has 0 bridgehead atoms. The molecule has 1 amide bonds. The Bertz CT molecular complexity index is 883. The van der Waals surface area contributed by atoms with Crippen LogP contribution in [0.2, 0.25) is 5.02 Å². The van der Waals surface area contributed by atoms with Crippen LogP contribution in [0.25, 0.3) is 0 Å². The smallest absolute Gasteiger partial charge is 0.242 e. The molecule has 132 valence electrons. The van der Waals surface area contributed by atoms with Gasteiger partial charge >= 0.3 is 0 Å². The van der Waals surface area contributed by atoms with Crippen LogP contribution in [0, 0.1) is 0 Å². The molecule has 3 rings (SSSR count). The van der Waals surface area contributed by atoms with Crippen LogP contribution in [0.1, 0.15) is 30.0 Å². The molecule has 7 heteroatoms. The van der Waals surface area contributed by atoms with Crippen molar-refractivity contribution < 1.29 is 13.2 Å². The van der Waals surface area contributed by atoms with Crippen molar-refractivity contribution in [2.45, 2.75) is 30.2 Å². The summed E-state index contributed by atoms with van der Waals surface area (Å²) in [6.45, 7) is 0.0216. The van der Waals surface area contributed by atoms with Gasteiger partial charge in [-0.25, -0.2) is 13.1 Å². The van der Waals surface area contributed by atoms with Crippen LogP contribution in [-0.4, -0.2) is 20.9 Å². The van der Waals surface area contributed by atoms with Gasteiger partial charge in [0.25, 0.3) is 0 Å². The molecule has 2 aromatic carbocycles. The van der Waals surface area contributed by atoms with Gasteiger partial charge in [0.1, 0.15) is 4.90 Å². The molecular formula is C18H19ClN2O3S. The molecule has 0 saturated heterocycles. The highest BCUT2D eigenvalue weighted by Gasteiger charge is 2.23. The van der Waals surface area contributed by atoms with Crippen molar-refractivity contribution in [2.24, 2.45) is 0 Å². The lowest BCUT2D eigenvalue weighted by Gasteiger charge is -2.14. The van der Waals surface area contributed by atoms with Crippen molar-refractivity contribution in [1.29, 1.82) is 0 Å². The van der Waals surface area contributed by atoms with Gasteiger partial charge in [-0.1, -0.05) is 48.0 Å². The molecule has 0 aliphatic heterocycles. The number of rotatable bonds is 6. The van der Waals surface area contributed by atoms with E-state index in [9.17, 15) is 13.2 Å². The van der Waals surface area contributed by atoms with Crippen LogP contribution in [0.5, 0.6) is 0 Å². The Balaban J connectivity index is 1.53. The van der Waals surface area contributed by atoms with Gasteiger partial charge in [0, 0.05) is 13.0 Å². The minimum absolute atomic E-state index is 0.00359. The maximum atomic E-state index is 12.2. The number of carbonyl (C=O) groups excluding carboxylic acids is 1. The second-order valence-electron chi connectivity index (χ2n) is 5.94. The molecule has 5 nitrogen and oxygen atoms in total. The number of benzene rings is 2. The van der Waals surface area contributed by atoms with Crippen LogP contribution in [0.3, 0.4) is 0 Å². The zero-order valence-corrected chi connectivity index (χ0v) is 15.1. The molecule has 0 fully saturated rings. The van der Waals surface area contributed by atoms with Crippen molar-refractivity contribution in [3.63, 3.8) is 0 Å². The van der Waals surface area contributed by atoms with E-state index in [0.717, 1.165) is 18.4 Å². The van der Waals surface area contributed by atoms with E-state index in [0.29, 0.717) is 0 Å². The number of fused-ring (bicyclic) bond motifs is 1. The van der Waals surface area contributed by atoms with Crippen molar-refractivity contribution >= 4 is 27.5 Å². The van der Waals surface area contributed by atoms with E-state index < -0.39 is 10.0 Å². The third kappa shape index (κ3) is 4.21. The van der Waals surface area contributed by atoms with Crippen LogP contribution >= 0.6 is 11.6 Å². The second kappa shape index (κ2) is 7.56. The van der Waals surface area contributed by atoms with E-state index in [1.165, 1.54) is 17.7 Å². The molecule has 1 aliphatic rings. The van der Waals surface area contributed by atoms with E-state index in [-0.39, 0.29) is 34.8 Å². The first kappa shape index (κ1) is 17.9. The maximum absolute atomic E-state index is 12.2. The fourth-order valence-corrected chi connectivity index (χ4v) is 4.56. The molecule has 1 aliphatic carbocycles. The molecule has 2 aromatic rings. The van der Waals surface area contributed by atoms with Crippen LogP contribution in [-0.2, 0) is 21.2 Å². The maximum Gasteiger partial charge on any atom is 0.242 e. The Morgan fingerprint density at radius 2 is 1.84 bits per heavy atom. The van der Waals surface area contributed by atoms with Crippen molar-refractivity contribution in [1.82, 2.24) is 10.0 Å². The number of hydrogen-bond donors (Lipinski definition) is 2. The van der Waals surface area contributed by atoms with E-state index >= 15 is 0 Å². The van der Waals surface area contributed by atoms with E-state index in [1.807, 2.05) is 18.2 Å². The summed E-state index contributed by atoms with van der Waals surface area (Å²) in [4.78, 5) is 12.1. The molecular weight excluding hydrogens is 360 g/mol. The van der Waals surface area contributed by atoms with E-state index in [4.69, 9.17) is 11.6 Å². The number of sulfonamides is 1. The van der Waals surface area contributed by atoms with Gasteiger partial charge in [0.2, 0.25) is 15.9 Å². The Kier molecular flexibility index (Phi) is 5.42. The highest BCUT2D eigenvalue weighted by Crippen LogP contribution is 2.30. The summed E-state index contributed by atoms with van der Waals surface area (Å²) in [6, 6.07) is 14.3. The number of nitrogens with one attached hydrogen (secondary N) is 2. The average Bonchev–Trinajstić information content (AvgIpc) is 2.98. The molecule has 2 N–H and O–H groups in total. The summed E-state index contributed by atoms with van der Waals surface area (Å²) >= 11 is 5.91. The first-order valence-electron chi connectivity index (χ1n) is 8.09. The highest BCUT2D eigenvalue weighted by molar-refractivity contribution is 7.89. The fraction of sp³-hybridized carbons (Fsp3) is 0.278. The predicted octanol–water partition coefficient (Wildman–Crippen LogP) is 2.81. The minimum atomic E-state index is -3.72. The lowest BCUT2D eigenvalue weighted by atomic mass is 10.1. The molecule has 0 heterocycles. The topological polar surface area (TPSA) is 75.3 Å². The van der Waals surface area contributed by atoms with Gasteiger partial charge < -0.3 is 5.32 Å². The summed E-state index contributed by atoms with van der Waals surface area (Å²) in [5.74, 6) is -0.177. The molecule has 1 unspecified atom stereocenters. The number of hydrogen-bond acceptors (Lipinski definition) is 3. The molecule has 0 spiro atoms. The van der Waals surface area contributed by atoms with Gasteiger partial charge in [-0.05, 0) is 36.1 Å². The number of aryl methyl sites for hydroxylation is 1. The highest BCUT2D eigenvalue weighted by atomic mass is 35.5. The predicted molar refractivity (Wildman–Crippen MR) is 96.9 cm³/mol. The van der Waals surface area contributed by atoms with Crippen LogP contribution < -0.4 is 10.0 Å². The third-order valence-corrected chi connectivity index (χ3v) is 6.20. The summed E-state index contributed by atoms with van der Waals surface area (Å²) in [7, 11) is -3.72. The minimum Gasteiger partial charge on any atom is -0.349 e. The van der Waals surface area contributed by atoms with Crippen LogP contribution in [0.15, 0.2) is 53.4 Å². The monoisotopic (exact) mass is 378 g/mol. The van der Waals surface area contributed by atoms with Gasteiger partial charge in [0.15, 0.2) is 0 Å². The third-order valence-electron chi connectivity index (χ3n) is 4.24. The Morgan fingerprint density at radius 1 is 1.12 bits per heavy atom. The Morgan fingerprint density at radius 3 is 2.64 bits per heavy atom. The van der Waals surface area contributed by atoms with Crippen molar-refractivity contribution in [3.8, 4) is 0 Å². The van der Waals surface area contributed by atoms with E-state index in [2.05, 4.69) is 16.1 Å². The van der Waals surface area contributed by atoms with E-state index in [1.54, 1.807) is 12.1 Å².